The third-order valence-electron chi connectivity index (χ3n) is 5.58. The van der Waals surface area contributed by atoms with Crippen LogP contribution in [0.3, 0.4) is 0 Å². The highest BCUT2D eigenvalue weighted by Gasteiger charge is 2.48. The van der Waals surface area contributed by atoms with E-state index in [0.717, 1.165) is 28.5 Å². The number of ether oxygens (including phenoxy) is 1. The standard InChI is InChI=1S/C25H22F3NO7S2/c1-37(30,31)35-14-13-34-20-7-4-17(5-8-20)24-22-11-9-21(36-38(32,33)25(26,27)28)15-18(22)6-10-23(24)19-3-2-12-29-16-19/h2-5,7-9,11-12,15-16H,6,10,13-14H2,1H3. The third-order valence-corrected chi connectivity index (χ3v) is 7.16. The fourth-order valence-corrected chi connectivity index (χ4v) is 4.84. The van der Waals surface area contributed by atoms with Crippen LogP contribution in [0.25, 0.3) is 11.1 Å². The Morgan fingerprint density at radius 3 is 2.24 bits per heavy atom. The van der Waals surface area contributed by atoms with E-state index in [-0.39, 0.29) is 13.2 Å². The number of nitrogens with zero attached hydrogens (tertiary/aromatic N) is 1. The van der Waals surface area contributed by atoms with Crippen LogP contribution in [0, 0.1) is 0 Å². The summed E-state index contributed by atoms with van der Waals surface area (Å²) in [6.45, 7) is -0.124. The van der Waals surface area contributed by atoms with Crippen molar-refractivity contribution in [2.75, 3.05) is 19.5 Å². The van der Waals surface area contributed by atoms with Gasteiger partial charge in [0.25, 0.3) is 10.1 Å². The van der Waals surface area contributed by atoms with Gasteiger partial charge in [0.2, 0.25) is 0 Å². The smallest absolute Gasteiger partial charge is 0.491 e. The van der Waals surface area contributed by atoms with Crippen LogP contribution in [0.5, 0.6) is 11.5 Å². The Morgan fingerprint density at radius 1 is 0.895 bits per heavy atom. The van der Waals surface area contributed by atoms with E-state index in [1.807, 2.05) is 6.07 Å². The third kappa shape index (κ3) is 6.52. The topological polar surface area (TPSA) is 109 Å². The van der Waals surface area contributed by atoms with Crippen molar-refractivity contribution in [2.24, 2.45) is 0 Å². The molecule has 0 atom stereocenters. The summed E-state index contributed by atoms with van der Waals surface area (Å²) in [5.41, 5.74) is -0.800. The SMILES string of the molecule is CS(=O)(=O)OCCOc1ccc(C2=C(c3cccnc3)CCc3cc(OS(=O)(=O)C(F)(F)F)ccc32)cc1. The van der Waals surface area contributed by atoms with Crippen molar-refractivity contribution >= 4 is 31.4 Å². The molecule has 13 heteroatoms. The fourth-order valence-electron chi connectivity index (χ4n) is 4.02. The summed E-state index contributed by atoms with van der Waals surface area (Å²) < 4.78 is 98.0. The van der Waals surface area contributed by atoms with Crippen LogP contribution >= 0.6 is 0 Å². The quantitative estimate of drug-likeness (QED) is 0.210. The molecule has 0 saturated carbocycles. The molecule has 0 radical (unpaired) electrons. The van der Waals surface area contributed by atoms with Crippen LogP contribution in [-0.4, -0.2) is 46.8 Å². The van der Waals surface area contributed by atoms with E-state index in [1.54, 1.807) is 42.7 Å². The van der Waals surface area contributed by atoms with E-state index < -0.39 is 31.5 Å². The molecule has 0 spiro atoms. The molecule has 3 aromatic rings. The molecule has 0 amide bonds. The van der Waals surface area contributed by atoms with Crippen molar-refractivity contribution < 1.29 is 43.1 Å². The minimum absolute atomic E-state index is 0.0164. The average molecular weight is 570 g/mol. The predicted octanol–water partition coefficient (Wildman–Crippen LogP) is 4.57. The molecule has 0 bridgehead atoms. The van der Waals surface area contributed by atoms with E-state index >= 15 is 0 Å². The van der Waals surface area contributed by atoms with Gasteiger partial charge in [-0.25, -0.2) is 0 Å². The maximum absolute atomic E-state index is 12.8. The summed E-state index contributed by atoms with van der Waals surface area (Å²) in [6, 6.07) is 14.7. The number of hydrogen-bond acceptors (Lipinski definition) is 8. The molecule has 0 unspecified atom stereocenters. The van der Waals surface area contributed by atoms with Crippen LogP contribution < -0.4 is 8.92 Å². The van der Waals surface area contributed by atoms with E-state index in [4.69, 9.17) is 4.74 Å². The molecule has 0 N–H and O–H groups in total. The second-order valence-electron chi connectivity index (χ2n) is 8.30. The van der Waals surface area contributed by atoms with Gasteiger partial charge >= 0.3 is 15.6 Å². The summed E-state index contributed by atoms with van der Waals surface area (Å²) >= 11 is 0. The van der Waals surface area contributed by atoms with Crippen molar-refractivity contribution in [3.05, 3.63) is 89.2 Å². The number of fused-ring (bicyclic) bond motifs is 1. The Kier molecular flexibility index (Phi) is 7.81. The number of alkyl halides is 3. The number of rotatable bonds is 9. The highest BCUT2D eigenvalue weighted by Crippen LogP contribution is 2.42. The molecule has 0 saturated heterocycles. The van der Waals surface area contributed by atoms with Gasteiger partial charge < -0.3 is 8.92 Å². The number of aryl methyl sites for hydroxylation is 1. The minimum atomic E-state index is -5.80. The molecule has 4 rings (SSSR count). The van der Waals surface area contributed by atoms with Gasteiger partial charge in [-0.3, -0.25) is 9.17 Å². The molecular formula is C25H22F3NO7S2. The first kappa shape index (κ1) is 27.6. The monoisotopic (exact) mass is 569 g/mol. The molecule has 1 aromatic heterocycles. The Morgan fingerprint density at radius 2 is 1.61 bits per heavy atom. The molecule has 1 aliphatic rings. The lowest BCUT2D eigenvalue weighted by molar-refractivity contribution is -0.0500. The largest absolute Gasteiger partial charge is 0.534 e. The molecule has 1 heterocycles. The summed E-state index contributed by atoms with van der Waals surface area (Å²) in [6.07, 6.45) is 5.26. The first-order valence-electron chi connectivity index (χ1n) is 11.2. The van der Waals surface area contributed by atoms with Crippen LogP contribution in [-0.2, 0) is 30.8 Å². The van der Waals surface area contributed by atoms with Crippen LogP contribution in [0.2, 0.25) is 0 Å². The summed E-state index contributed by atoms with van der Waals surface area (Å²) in [5, 5.41) is 0. The first-order chi connectivity index (χ1) is 17.8. The molecular weight excluding hydrogens is 547 g/mol. The van der Waals surface area contributed by atoms with Crippen molar-refractivity contribution in [2.45, 2.75) is 18.3 Å². The van der Waals surface area contributed by atoms with E-state index in [1.165, 1.54) is 18.2 Å². The number of pyridine rings is 1. The van der Waals surface area contributed by atoms with Gasteiger partial charge in [0.1, 0.15) is 24.7 Å². The van der Waals surface area contributed by atoms with E-state index in [2.05, 4.69) is 13.4 Å². The lowest BCUT2D eigenvalue weighted by Crippen LogP contribution is -2.28. The van der Waals surface area contributed by atoms with Crippen LogP contribution in [0.1, 0.15) is 28.7 Å². The van der Waals surface area contributed by atoms with Crippen molar-refractivity contribution in [3.8, 4) is 11.5 Å². The van der Waals surface area contributed by atoms with E-state index in [9.17, 15) is 30.0 Å². The molecule has 1 aliphatic carbocycles. The highest BCUT2D eigenvalue weighted by molar-refractivity contribution is 7.88. The number of halogens is 3. The summed E-state index contributed by atoms with van der Waals surface area (Å²) in [5.74, 6) is 0.0526. The van der Waals surface area contributed by atoms with Crippen molar-refractivity contribution in [3.63, 3.8) is 0 Å². The predicted molar refractivity (Wildman–Crippen MR) is 133 cm³/mol. The second-order valence-corrected chi connectivity index (χ2v) is 11.5. The second kappa shape index (κ2) is 10.8. The molecule has 8 nitrogen and oxygen atoms in total. The van der Waals surface area contributed by atoms with Gasteiger partial charge in [-0.1, -0.05) is 24.3 Å². The van der Waals surface area contributed by atoms with Crippen LogP contribution in [0.4, 0.5) is 13.2 Å². The molecule has 202 valence electrons. The Balaban J connectivity index is 1.67. The number of hydrogen-bond donors (Lipinski definition) is 0. The Bertz CT molecular complexity index is 1550. The maximum Gasteiger partial charge on any atom is 0.534 e. The van der Waals surface area contributed by atoms with Gasteiger partial charge in [0.05, 0.1) is 6.26 Å². The lowest BCUT2D eigenvalue weighted by atomic mass is 9.80. The van der Waals surface area contributed by atoms with Gasteiger partial charge in [-0.05, 0) is 76.6 Å². The maximum atomic E-state index is 12.8. The van der Waals surface area contributed by atoms with Gasteiger partial charge in [-0.15, -0.1) is 0 Å². The number of aromatic nitrogens is 1. The van der Waals surface area contributed by atoms with Crippen molar-refractivity contribution in [1.82, 2.24) is 4.98 Å². The zero-order chi connectivity index (χ0) is 27.6. The molecule has 2 aromatic carbocycles. The molecule has 0 aliphatic heterocycles. The first-order valence-corrected chi connectivity index (χ1v) is 14.4. The zero-order valence-electron chi connectivity index (χ0n) is 19.9. The summed E-state index contributed by atoms with van der Waals surface area (Å²) in [4.78, 5) is 4.19. The molecule has 0 fully saturated rings. The normalized spacial score (nSPS) is 14.2. The fraction of sp³-hybridized carbons (Fsp3) is 0.240. The molecule has 38 heavy (non-hydrogen) atoms. The zero-order valence-corrected chi connectivity index (χ0v) is 21.6. The Labute approximate surface area is 217 Å². The van der Waals surface area contributed by atoms with Gasteiger partial charge in [-0.2, -0.15) is 30.0 Å². The Hall–Kier alpha value is -3.42. The van der Waals surface area contributed by atoms with Gasteiger partial charge in [0, 0.05) is 12.4 Å². The van der Waals surface area contributed by atoms with Gasteiger partial charge in [0.15, 0.2) is 0 Å². The minimum Gasteiger partial charge on any atom is -0.491 e. The van der Waals surface area contributed by atoms with Crippen molar-refractivity contribution in [1.29, 1.82) is 0 Å². The number of allylic oxidation sites excluding steroid dienone is 1. The number of benzene rings is 2. The average Bonchev–Trinajstić information content (AvgIpc) is 2.85. The summed E-state index contributed by atoms with van der Waals surface area (Å²) in [7, 11) is -9.37. The highest BCUT2D eigenvalue weighted by atomic mass is 32.2. The van der Waals surface area contributed by atoms with Crippen LogP contribution in [0.15, 0.2) is 67.0 Å². The van der Waals surface area contributed by atoms with E-state index in [0.29, 0.717) is 29.7 Å². The lowest BCUT2D eigenvalue weighted by Gasteiger charge is -2.25.